The van der Waals surface area contributed by atoms with Gasteiger partial charge in [0.25, 0.3) is 0 Å². The molecule has 0 spiro atoms. The molecule has 0 saturated heterocycles. The summed E-state index contributed by atoms with van der Waals surface area (Å²) in [6, 6.07) is 5.79. The van der Waals surface area contributed by atoms with Crippen LogP contribution in [-0.4, -0.2) is 40.6 Å². The molecule has 124 valence electrons. The minimum atomic E-state index is 0.588. The highest BCUT2D eigenvalue weighted by atomic mass is 32.2. The number of benzene rings is 1. The Kier molecular flexibility index (Phi) is 6.46. The molecule has 0 aliphatic carbocycles. The molecule has 6 nitrogen and oxygen atoms in total. The van der Waals surface area contributed by atoms with E-state index in [0.717, 1.165) is 34.5 Å². The molecule has 0 bridgehead atoms. The maximum atomic E-state index is 5.70. The molecule has 0 N–H and O–H groups in total. The van der Waals surface area contributed by atoms with Crippen LogP contribution in [0.25, 0.3) is 0 Å². The fourth-order valence-corrected chi connectivity index (χ4v) is 2.40. The minimum Gasteiger partial charge on any atom is -0.490 e. The van der Waals surface area contributed by atoms with Crippen molar-refractivity contribution in [3.05, 3.63) is 29.6 Å². The van der Waals surface area contributed by atoms with Gasteiger partial charge in [-0.15, -0.1) is 10.2 Å². The summed E-state index contributed by atoms with van der Waals surface area (Å²) in [6.07, 6.45) is 4.67. The van der Waals surface area contributed by atoms with Gasteiger partial charge in [-0.3, -0.25) is 0 Å². The molecule has 2 aromatic rings. The summed E-state index contributed by atoms with van der Waals surface area (Å²) >= 11 is 1.51. The van der Waals surface area contributed by atoms with Gasteiger partial charge >= 0.3 is 0 Å². The van der Waals surface area contributed by atoms with Gasteiger partial charge in [0.1, 0.15) is 0 Å². The number of rotatable bonds is 8. The monoisotopic (exact) mass is 334 g/mol. The lowest BCUT2D eigenvalue weighted by Gasteiger charge is -2.11. The third kappa shape index (κ3) is 4.48. The smallest absolute Gasteiger partial charge is 0.211 e. The van der Waals surface area contributed by atoms with E-state index in [1.165, 1.54) is 11.8 Å². The normalized spacial score (nSPS) is 11.1. The van der Waals surface area contributed by atoms with Crippen LogP contribution in [0.15, 0.2) is 28.5 Å². The van der Waals surface area contributed by atoms with E-state index < -0.39 is 0 Å². The lowest BCUT2D eigenvalue weighted by molar-refractivity contribution is 0.277. The summed E-state index contributed by atoms with van der Waals surface area (Å²) < 4.78 is 13.1. The Morgan fingerprint density at radius 2 is 2.04 bits per heavy atom. The van der Waals surface area contributed by atoms with Crippen molar-refractivity contribution in [3.63, 3.8) is 0 Å². The van der Waals surface area contributed by atoms with Crippen LogP contribution in [0.1, 0.15) is 31.7 Å². The van der Waals surface area contributed by atoms with Gasteiger partial charge in [-0.25, -0.2) is 0 Å². The number of hydrogen-bond acceptors (Lipinski definition) is 6. The fraction of sp³-hybridized carbons (Fsp3) is 0.438. The maximum absolute atomic E-state index is 5.70. The maximum Gasteiger partial charge on any atom is 0.211 e. The Morgan fingerprint density at radius 3 is 2.74 bits per heavy atom. The minimum absolute atomic E-state index is 0.588. The van der Waals surface area contributed by atoms with Gasteiger partial charge in [0.05, 0.1) is 19.4 Å². The molecule has 0 saturated carbocycles. The zero-order valence-electron chi connectivity index (χ0n) is 13.9. The van der Waals surface area contributed by atoms with Crippen molar-refractivity contribution in [3.8, 4) is 11.5 Å². The number of aromatic nitrogens is 3. The van der Waals surface area contributed by atoms with E-state index >= 15 is 0 Å². The molecule has 0 amide bonds. The van der Waals surface area contributed by atoms with Gasteiger partial charge < -0.3 is 9.47 Å². The quantitative estimate of drug-likeness (QED) is 0.547. The SMILES string of the molecule is CCCOc1ccc(/C=N\n2c(C)nnc2SC)cc1OCC. The number of thioether (sulfide) groups is 1. The Hall–Kier alpha value is -2.02. The van der Waals surface area contributed by atoms with Crippen LogP contribution in [0.2, 0.25) is 0 Å². The third-order valence-electron chi connectivity index (χ3n) is 3.00. The molecule has 23 heavy (non-hydrogen) atoms. The van der Waals surface area contributed by atoms with Crippen molar-refractivity contribution in [1.29, 1.82) is 0 Å². The van der Waals surface area contributed by atoms with Gasteiger partial charge in [-0.05, 0) is 50.3 Å². The van der Waals surface area contributed by atoms with Crippen LogP contribution in [0.4, 0.5) is 0 Å². The predicted octanol–water partition coefficient (Wildman–Crippen LogP) is 3.38. The van der Waals surface area contributed by atoms with E-state index in [1.807, 2.05) is 38.3 Å². The fourth-order valence-electron chi connectivity index (χ4n) is 1.93. The van der Waals surface area contributed by atoms with Crippen molar-refractivity contribution in [2.24, 2.45) is 5.10 Å². The van der Waals surface area contributed by atoms with E-state index in [9.17, 15) is 0 Å². The summed E-state index contributed by atoms with van der Waals surface area (Å²) in [4.78, 5) is 0. The van der Waals surface area contributed by atoms with Crippen LogP contribution in [0, 0.1) is 6.92 Å². The van der Waals surface area contributed by atoms with Gasteiger partial charge in [0, 0.05) is 0 Å². The molecule has 1 aromatic carbocycles. The van der Waals surface area contributed by atoms with Crippen LogP contribution < -0.4 is 9.47 Å². The molecule has 0 atom stereocenters. The van der Waals surface area contributed by atoms with Crippen molar-refractivity contribution in [2.75, 3.05) is 19.5 Å². The molecule has 0 aliphatic heterocycles. The molecule has 1 heterocycles. The summed E-state index contributed by atoms with van der Waals surface area (Å²) in [5.41, 5.74) is 0.928. The average Bonchev–Trinajstić information content (AvgIpc) is 2.92. The first-order valence-corrected chi connectivity index (χ1v) is 8.82. The number of hydrogen-bond donors (Lipinski definition) is 0. The Bertz CT molecular complexity index is 670. The van der Waals surface area contributed by atoms with E-state index in [1.54, 1.807) is 10.9 Å². The standard InChI is InChI=1S/C16H22N4O2S/c1-5-9-22-14-8-7-13(10-15(14)21-6-2)11-17-20-12(3)18-19-16(20)23-4/h7-8,10-11H,5-6,9H2,1-4H3/b17-11-. The lowest BCUT2D eigenvalue weighted by Crippen LogP contribution is -2.01. The lowest BCUT2D eigenvalue weighted by atomic mass is 10.2. The van der Waals surface area contributed by atoms with Crippen molar-refractivity contribution in [1.82, 2.24) is 14.9 Å². The molecule has 1 aromatic heterocycles. The van der Waals surface area contributed by atoms with Crippen molar-refractivity contribution >= 4 is 18.0 Å². The number of aryl methyl sites for hydroxylation is 1. The van der Waals surface area contributed by atoms with Gasteiger partial charge in [0.2, 0.25) is 5.16 Å². The highest BCUT2D eigenvalue weighted by Gasteiger charge is 2.07. The molecular weight excluding hydrogens is 312 g/mol. The Labute approximate surface area is 140 Å². The van der Waals surface area contributed by atoms with E-state index in [4.69, 9.17) is 9.47 Å². The van der Waals surface area contributed by atoms with Crippen LogP contribution in [0.3, 0.4) is 0 Å². The molecule has 0 fully saturated rings. The number of ether oxygens (including phenoxy) is 2. The summed E-state index contributed by atoms with van der Waals surface area (Å²) in [6.45, 7) is 7.16. The predicted molar refractivity (Wildman–Crippen MR) is 92.9 cm³/mol. The first-order valence-electron chi connectivity index (χ1n) is 7.59. The second-order valence-corrected chi connectivity index (χ2v) is 5.55. The highest BCUT2D eigenvalue weighted by Crippen LogP contribution is 2.28. The van der Waals surface area contributed by atoms with Crippen LogP contribution >= 0.6 is 11.8 Å². The molecule has 7 heteroatoms. The van der Waals surface area contributed by atoms with Crippen molar-refractivity contribution < 1.29 is 9.47 Å². The average molecular weight is 334 g/mol. The molecule has 0 radical (unpaired) electrons. The largest absolute Gasteiger partial charge is 0.490 e. The summed E-state index contributed by atoms with van der Waals surface area (Å²) in [5, 5.41) is 13.3. The van der Waals surface area contributed by atoms with E-state index in [0.29, 0.717) is 13.2 Å². The summed E-state index contributed by atoms with van der Waals surface area (Å²) in [7, 11) is 0. The van der Waals surface area contributed by atoms with Crippen LogP contribution in [-0.2, 0) is 0 Å². The third-order valence-corrected chi connectivity index (χ3v) is 3.62. The summed E-state index contributed by atoms with van der Waals surface area (Å²) in [5.74, 6) is 2.24. The van der Waals surface area contributed by atoms with Crippen LogP contribution in [0.5, 0.6) is 11.5 Å². The molecule has 2 rings (SSSR count). The molecular formula is C16H22N4O2S. The second kappa shape index (κ2) is 8.57. The topological polar surface area (TPSA) is 61.5 Å². The van der Waals surface area contributed by atoms with Crippen molar-refractivity contribution in [2.45, 2.75) is 32.3 Å². The zero-order chi connectivity index (χ0) is 16.7. The zero-order valence-corrected chi connectivity index (χ0v) is 14.8. The highest BCUT2D eigenvalue weighted by molar-refractivity contribution is 7.98. The Balaban J connectivity index is 2.24. The first-order chi connectivity index (χ1) is 11.2. The van der Waals surface area contributed by atoms with Gasteiger partial charge in [-0.2, -0.15) is 9.78 Å². The Morgan fingerprint density at radius 1 is 1.22 bits per heavy atom. The van der Waals surface area contributed by atoms with E-state index in [-0.39, 0.29) is 0 Å². The molecule has 0 aliphatic rings. The van der Waals surface area contributed by atoms with Gasteiger partial charge in [0.15, 0.2) is 17.3 Å². The molecule has 0 unspecified atom stereocenters. The van der Waals surface area contributed by atoms with E-state index in [2.05, 4.69) is 22.2 Å². The van der Waals surface area contributed by atoms with Gasteiger partial charge in [-0.1, -0.05) is 18.7 Å². The second-order valence-electron chi connectivity index (χ2n) is 4.78. The number of nitrogens with zero attached hydrogens (tertiary/aromatic N) is 4. The first kappa shape index (κ1) is 17.3.